The van der Waals surface area contributed by atoms with Crippen molar-refractivity contribution in [3.63, 3.8) is 0 Å². The zero-order chi connectivity index (χ0) is 16.9. The average molecular weight is 327 g/mol. The number of oxazole rings is 1. The quantitative estimate of drug-likeness (QED) is 0.753. The lowest BCUT2D eigenvalue weighted by molar-refractivity contribution is 0.251. The Hall–Kier alpha value is -3.22. The Labute approximate surface area is 137 Å². The van der Waals surface area contributed by atoms with Gasteiger partial charge >= 0.3 is 11.8 Å². The number of nitrogens with one attached hydrogen (secondary N) is 2. The molecule has 0 aliphatic heterocycles. The standard InChI is InChI=1S/C17H17N3O4/c1-23-13-8-6-12(7-9-13)19-16(21)18-10-11-20-14-4-2-3-5-15(14)24-17(20)22/h2-9H,10-11H2,1H3,(H2,18,19,21). The van der Waals surface area contributed by atoms with Crippen molar-refractivity contribution in [2.75, 3.05) is 19.0 Å². The van der Waals surface area contributed by atoms with Gasteiger partial charge in [0.15, 0.2) is 5.58 Å². The summed E-state index contributed by atoms with van der Waals surface area (Å²) in [4.78, 5) is 23.7. The summed E-state index contributed by atoms with van der Waals surface area (Å²) in [6, 6.07) is 13.8. The molecule has 7 nitrogen and oxygen atoms in total. The lowest BCUT2D eigenvalue weighted by Gasteiger charge is -2.08. The molecule has 0 aliphatic carbocycles. The highest BCUT2D eigenvalue weighted by atomic mass is 16.5. The molecule has 0 saturated carbocycles. The van der Waals surface area contributed by atoms with E-state index in [1.54, 1.807) is 49.6 Å². The second-order valence-electron chi connectivity index (χ2n) is 5.10. The van der Waals surface area contributed by atoms with E-state index >= 15 is 0 Å². The number of hydrogen-bond donors (Lipinski definition) is 2. The molecule has 0 spiro atoms. The molecule has 1 heterocycles. The van der Waals surface area contributed by atoms with Gasteiger partial charge in [0.1, 0.15) is 5.75 Å². The molecule has 7 heteroatoms. The van der Waals surface area contributed by atoms with E-state index in [2.05, 4.69) is 10.6 Å². The van der Waals surface area contributed by atoms with E-state index < -0.39 is 5.76 Å². The molecular formula is C17H17N3O4. The summed E-state index contributed by atoms with van der Waals surface area (Å²) in [6.45, 7) is 0.622. The van der Waals surface area contributed by atoms with E-state index in [0.717, 1.165) is 0 Å². The van der Waals surface area contributed by atoms with Crippen LogP contribution in [0.25, 0.3) is 11.1 Å². The number of carbonyl (C=O) groups excluding carboxylic acids is 1. The monoisotopic (exact) mass is 327 g/mol. The molecule has 124 valence electrons. The van der Waals surface area contributed by atoms with Crippen molar-refractivity contribution in [3.05, 3.63) is 59.1 Å². The Balaban J connectivity index is 1.56. The lowest BCUT2D eigenvalue weighted by atomic mass is 10.3. The fraction of sp³-hybridized carbons (Fsp3) is 0.176. The molecule has 2 aromatic carbocycles. The zero-order valence-electron chi connectivity index (χ0n) is 13.1. The third-order valence-corrected chi connectivity index (χ3v) is 3.54. The molecule has 2 amide bonds. The molecule has 0 fully saturated rings. The number of hydrogen-bond acceptors (Lipinski definition) is 4. The van der Waals surface area contributed by atoms with Gasteiger partial charge in [0, 0.05) is 18.8 Å². The predicted molar refractivity (Wildman–Crippen MR) is 90.5 cm³/mol. The fourth-order valence-corrected chi connectivity index (χ4v) is 2.36. The first kappa shape index (κ1) is 15.7. The molecular weight excluding hydrogens is 310 g/mol. The van der Waals surface area contributed by atoms with Crippen molar-refractivity contribution < 1.29 is 13.9 Å². The maximum Gasteiger partial charge on any atom is 0.420 e. The summed E-state index contributed by atoms with van der Waals surface area (Å²) < 4.78 is 11.7. The third kappa shape index (κ3) is 3.40. The number of benzene rings is 2. The topological polar surface area (TPSA) is 85.5 Å². The van der Waals surface area contributed by atoms with Crippen LogP contribution in [-0.4, -0.2) is 24.3 Å². The van der Waals surface area contributed by atoms with Gasteiger partial charge < -0.3 is 19.8 Å². The predicted octanol–water partition coefficient (Wildman–Crippen LogP) is 2.42. The number of amides is 2. The summed E-state index contributed by atoms with van der Waals surface area (Å²) in [5.74, 6) is 0.278. The van der Waals surface area contributed by atoms with Crippen LogP contribution in [0.2, 0.25) is 0 Å². The second-order valence-corrected chi connectivity index (χ2v) is 5.10. The van der Waals surface area contributed by atoms with Crippen LogP contribution in [-0.2, 0) is 6.54 Å². The van der Waals surface area contributed by atoms with Gasteiger partial charge in [-0.1, -0.05) is 12.1 Å². The minimum atomic E-state index is -0.437. The minimum Gasteiger partial charge on any atom is -0.497 e. The summed E-state index contributed by atoms with van der Waals surface area (Å²) in [5, 5.41) is 5.42. The van der Waals surface area contributed by atoms with Crippen LogP contribution >= 0.6 is 0 Å². The van der Waals surface area contributed by atoms with Gasteiger partial charge in [-0.3, -0.25) is 4.57 Å². The minimum absolute atomic E-state index is 0.297. The van der Waals surface area contributed by atoms with Crippen LogP contribution in [0.1, 0.15) is 0 Å². The normalized spacial score (nSPS) is 10.5. The SMILES string of the molecule is COc1ccc(NC(=O)NCCn2c(=O)oc3ccccc32)cc1. The number of aromatic nitrogens is 1. The first-order valence-corrected chi connectivity index (χ1v) is 7.44. The molecule has 3 aromatic rings. The molecule has 0 aliphatic rings. The Morgan fingerprint density at radius 3 is 2.67 bits per heavy atom. The van der Waals surface area contributed by atoms with Gasteiger partial charge in [0.05, 0.1) is 12.6 Å². The van der Waals surface area contributed by atoms with Gasteiger partial charge in [0.25, 0.3) is 0 Å². The molecule has 0 atom stereocenters. The van der Waals surface area contributed by atoms with E-state index in [-0.39, 0.29) is 6.03 Å². The Kier molecular flexibility index (Phi) is 4.51. The lowest BCUT2D eigenvalue weighted by Crippen LogP contribution is -2.32. The molecule has 0 unspecified atom stereocenters. The van der Waals surface area contributed by atoms with Crippen molar-refractivity contribution in [3.8, 4) is 5.75 Å². The number of ether oxygens (including phenoxy) is 1. The summed E-state index contributed by atoms with van der Waals surface area (Å²) >= 11 is 0. The van der Waals surface area contributed by atoms with Gasteiger partial charge in [-0.25, -0.2) is 9.59 Å². The number of anilines is 1. The van der Waals surface area contributed by atoms with Crippen molar-refractivity contribution in [2.45, 2.75) is 6.54 Å². The van der Waals surface area contributed by atoms with Gasteiger partial charge in [-0.2, -0.15) is 0 Å². The fourth-order valence-electron chi connectivity index (χ4n) is 2.36. The van der Waals surface area contributed by atoms with Crippen molar-refractivity contribution in [1.82, 2.24) is 9.88 Å². The maximum atomic E-state index is 11.9. The summed E-state index contributed by atoms with van der Waals surface area (Å²) in [6.07, 6.45) is 0. The van der Waals surface area contributed by atoms with E-state index in [0.29, 0.717) is 35.6 Å². The average Bonchev–Trinajstić information content (AvgIpc) is 2.91. The molecule has 0 bridgehead atoms. The van der Waals surface area contributed by atoms with Crippen LogP contribution in [0.15, 0.2) is 57.7 Å². The third-order valence-electron chi connectivity index (χ3n) is 3.54. The van der Waals surface area contributed by atoms with E-state index in [1.165, 1.54) is 4.57 Å². The Morgan fingerprint density at radius 1 is 1.17 bits per heavy atom. The Bertz CT molecular complexity index is 896. The van der Waals surface area contributed by atoms with E-state index in [1.807, 2.05) is 6.07 Å². The highest BCUT2D eigenvalue weighted by Gasteiger charge is 2.08. The van der Waals surface area contributed by atoms with Gasteiger partial charge in [-0.15, -0.1) is 0 Å². The molecule has 2 N–H and O–H groups in total. The van der Waals surface area contributed by atoms with Crippen LogP contribution in [0.3, 0.4) is 0 Å². The number of methoxy groups -OCH3 is 1. The largest absolute Gasteiger partial charge is 0.497 e. The van der Waals surface area contributed by atoms with Crippen LogP contribution in [0.5, 0.6) is 5.75 Å². The highest BCUT2D eigenvalue weighted by molar-refractivity contribution is 5.89. The number of carbonyl (C=O) groups is 1. The Morgan fingerprint density at radius 2 is 1.92 bits per heavy atom. The molecule has 3 rings (SSSR count). The molecule has 24 heavy (non-hydrogen) atoms. The van der Waals surface area contributed by atoms with E-state index in [4.69, 9.17) is 9.15 Å². The second kappa shape index (κ2) is 6.91. The smallest absolute Gasteiger partial charge is 0.420 e. The number of nitrogens with zero attached hydrogens (tertiary/aromatic N) is 1. The van der Waals surface area contributed by atoms with Gasteiger partial charge in [-0.05, 0) is 36.4 Å². The molecule has 0 radical (unpaired) electrons. The number of rotatable bonds is 5. The van der Waals surface area contributed by atoms with Crippen LogP contribution < -0.4 is 21.1 Å². The van der Waals surface area contributed by atoms with Crippen LogP contribution in [0.4, 0.5) is 10.5 Å². The first-order chi connectivity index (χ1) is 11.7. The van der Waals surface area contributed by atoms with Crippen LogP contribution in [0, 0.1) is 0 Å². The number of fused-ring (bicyclic) bond motifs is 1. The maximum absolute atomic E-state index is 11.9. The van der Waals surface area contributed by atoms with Crippen molar-refractivity contribution in [2.24, 2.45) is 0 Å². The molecule has 1 aromatic heterocycles. The highest BCUT2D eigenvalue weighted by Crippen LogP contribution is 2.14. The first-order valence-electron chi connectivity index (χ1n) is 7.44. The zero-order valence-corrected chi connectivity index (χ0v) is 13.1. The number of urea groups is 1. The number of para-hydroxylation sites is 2. The molecule has 0 saturated heterocycles. The van der Waals surface area contributed by atoms with E-state index in [9.17, 15) is 9.59 Å². The summed E-state index contributed by atoms with van der Waals surface area (Å²) in [5.41, 5.74) is 1.89. The summed E-state index contributed by atoms with van der Waals surface area (Å²) in [7, 11) is 1.58. The van der Waals surface area contributed by atoms with Crippen molar-refractivity contribution in [1.29, 1.82) is 0 Å². The van der Waals surface area contributed by atoms with Gasteiger partial charge in [0.2, 0.25) is 0 Å². The van der Waals surface area contributed by atoms with Crippen molar-refractivity contribution >= 4 is 22.8 Å².